The number of aryl methyl sites for hydroxylation is 1. The first-order valence-corrected chi connectivity index (χ1v) is 11.7. The lowest BCUT2D eigenvalue weighted by Crippen LogP contribution is -2.48. The summed E-state index contributed by atoms with van der Waals surface area (Å²) < 4.78 is 1.73. The summed E-state index contributed by atoms with van der Waals surface area (Å²) in [6.07, 6.45) is 0.892. The Bertz CT molecular complexity index is 1200. The van der Waals surface area contributed by atoms with Gasteiger partial charge < -0.3 is 15.0 Å². The lowest BCUT2D eigenvalue weighted by Gasteiger charge is -2.39. The SMILES string of the molecule is O=c1[nH]c2ccc(O)cc2n1CCCN1CCN(C(c2ccccc2)c2ccccc2)CC1. The first kappa shape index (κ1) is 21.5. The standard InChI is InChI=1S/C27H30N4O2/c32-23-12-13-24-25(20-23)31(27(33)28-24)15-7-14-29-16-18-30(19-17-29)26(21-8-3-1-4-9-21)22-10-5-2-6-11-22/h1-6,8-13,20,26,32H,7,14-19H2,(H,28,33). The van der Waals surface area contributed by atoms with Crippen LogP contribution in [-0.2, 0) is 6.54 Å². The molecule has 3 aromatic carbocycles. The van der Waals surface area contributed by atoms with Crippen molar-refractivity contribution in [2.75, 3.05) is 32.7 Å². The van der Waals surface area contributed by atoms with Gasteiger partial charge in [0.25, 0.3) is 0 Å². The summed E-state index contributed by atoms with van der Waals surface area (Å²) in [5, 5.41) is 9.79. The molecule has 2 heterocycles. The minimum Gasteiger partial charge on any atom is -0.508 e. The Morgan fingerprint density at radius 3 is 2.09 bits per heavy atom. The minimum atomic E-state index is -0.117. The highest BCUT2D eigenvalue weighted by Gasteiger charge is 2.26. The number of fused-ring (bicyclic) bond motifs is 1. The van der Waals surface area contributed by atoms with Gasteiger partial charge in [-0.3, -0.25) is 9.47 Å². The van der Waals surface area contributed by atoms with Gasteiger partial charge in [-0.1, -0.05) is 60.7 Å². The van der Waals surface area contributed by atoms with Crippen LogP contribution >= 0.6 is 0 Å². The molecule has 2 N–H and O–H groups in total. The quantitative estimate of drug-likeness (QED) is 0.457. The van der Waals surface area contributed by atoms with E-state index >= 15 is 0 Å². The number of aromatic hydroxyl groups is 1. The Hall–Kier alpha value is -3.35. The molecule has 4 aromatic rings. The van der Waals surface area contributed by atoms with E-state index < -0.39 is 0 Å². The molecule has 0 bridgehead atoms. The van der Waals surface area contributed by atoms with Crippen molar-refractivity contribution in [2.24, 2.45) is 0 Å². The van der Waals surface area contributed by atoms with Gasteiger partial charge in [0, 0.05) is 38.8 Å². The molecule has 0 atom stereocenters. The smallest absolute Gasteiger partial charge is 0.326 e. The van der Waals surface area contributed by atoms with E-state index in [9.17, 15) is 9.90 Å². The predicted octanol–water partition coefficient (Wildman–Crippen LogP) is 3.83. The van der Waals surface area contributed by atoms with Gasteiger partial charge in [-0.15, -0.1) is 0 Å². The van der Waals surface area contributed by atoms with Crippen LogP contribution < -0.4 is 5.69 Å². The fourth-order valence-electron chi connectivity index (χ4n) is 4.95. The lowest BCUT2D eigenvalue weighted by molar-refractivity contribution is 0.108. The Morgan fingerprint density at radius 2 is 1.45 bits per heavy atom. The van der Waals surface area contributed by atoms with E-state index in [2.05, 4.69) is 75.4 Å². The molecule has 1 saturated heterocycles. The summed E-state index contributed by atoms with van der Waals surface area (Å²) >= 11 is 0. The van der Waals surface area contributed by atoms with Gasteiger partial charge in [0.1, 0.15) is 5.75 Å². The van der Waals surface area contributed by atoms with Gasteiger partial charge in [0.2, 0.25) is 0 Å². The molecule has 6 nitrogen and oxygen atoms in total. The predicted molar refractivity (Wildman–Crippen MR) is 132 cm³/mol. The third-order valence-corrected chi connectivity index (χ3v) is 6.62. The molecule has 170 valence electrons. The number of rotatable bonds is 7. The second-order valence-corrected chi connectivity index (χ2v) is 8.74. The van der Waals surface area contributed by atoms with Crippen LogP contribution in [-0.4, -0.2) is 57.2 Å². The average Bonchev–Trinajstić information content (AvgIpc) is 3.16. The van der Waals surface area contributed by atoms with E-state index in [0.717, 1.165) is 50.2 Å². The van der Waals surface area contributed by atoms with Crippen LogP contribution in [0.5, 0.6) is 5.75 Å². The second-order valence-electron chi connectivity index (χ2n) is 8.74. The minimum absolute atomic E-state index is 0.117. The van der Waals surface area contributed by atoms with E-state index in [0.29, 0.717) is 6.54 Å². The summed E-state index contributed by atoms with van der Waals surface area (Å²) in [4.78, 5) is 20.3. The first-order valence-electron chi connectivity index (χ1n) is 11.7. The molecule has 0 saturated carbocycles. The number of piperazine rings is 1. The van der Waals surface area contributed by atoms with E-state index in [1.807, 2.05) is 0 Å². The number of phenolic OH excluding ortho intramolecular Hbond substituents is 1. The molecule has 0 radical (unpaired) electrons. The zero-order valence-electron chi connectivity index (χ0n) is 18.7. The summed E-state index contributed by atoms with van der Waals surface area (Å²) in [6.45, 7) is 5.64. The zero-order valence-corrected chi connectivity index (χ0v) is 18.7. The van der Waals surface area contributed by atoms with Gasteiger partial charge in [-0.05, 0) is 36.2 Å². The summed E-state index contributed by atoms with van der Waals surface area (Å²) in [6, 6.07) is 26.8. The summed E-state index contributed by atoms with van der Waals surface area (Å²) in [5.41, 5.74) is 4.07. The lowest BCUT2D eigenvalue weighted by atomic mass is 9.96. The fourth-order valence-corrected chi connectivity index (χ4v) is 4.95. The van der Waals surface area contributed by atoms with Crippen molar-refractivity contribution in [1.29, 1.82) is 0 Å². The highest BCUT2D eigenvalue weighted by molar-refractivity contribution is 5.76. The van der Waals surface area contributed by atoms with Crippen molar-refractivity contribution in [2.45, 2.75) is 19.0 Å². The van der Waals surface area contributed by atoms with Gasteiger partial charge >= 0.3 is 5.69 Å². The van der Waals surface area contributed by atoms with E-state index in [1.54, 1.807) is 22.8 Å². The van der Waals surface area contributed by atoms with Crippen LogP contribution in [0.3, 0.4) is 0 Å². The first-order chi connectivity index (χ1) is 16.2. The molecule has 1 aliphatic rings. The van der Waals surface area contributed by atoms with Crippen molar-refractivity contribution in [3.8, 4) is 5.75 Å². The van der Waals surface area contributed by atoms with Crippen LogP contribution in [0, 0.1) is 0 Å². The Morgan fingerprint density at radius 1 is 0.818 bits per heavy atom. The van der Waals surface area contributed by atoms with Crippen LogP contribution in [0.25, 0.3) is 11.0 Å². The van der Waals surface area contributed by atoms with E-state index in [1.165, 1.54) is 11.1 Å². The number of H-pyrrole nitrogens is 1. The average molecular weight is 443 g/mol. The molecule has 1 aromatic heterocycles. The van der Waals surface area contributed by atoms with Gasteiger partial charge in [-0.25, -0.2) is 4.79 Å². The number of imidazole rings is 1. The van der Waals surface area contributed by atoms with Crippen molar-refractivity contribution in [1.82, 2.24) is 19.4 Å². The molecule has 6 heteroatoms. The van der Waals surface area contributed by atoms with Crippen molar-refractivity contribution in [3.63, 3.8) is 0 Å². The molecule has 0 spiro atoms. The number of aromatic amines is 1. The molecule has 5 rings (SSSR count). The summed E-state index contributed by atoms with van der Waals surface area (Å²) in [7, 11) is 0. The van der Waals surface area contributed by atoms with Crippen molar-refractivity contribution in [3.05, 3.63) is 100 Å². The number of hydrogen-bond donors (Lipinski definition) is 2. The molecule has 0 aliphatic carbocycles. The molecule has 1 aliphatic heterocycles. The van der Waals surface area contributed by atoms with Gasteiger partial charge in [0.15, 0.2) is 0 Å². The topological polar surface area (TPSA) is 64.5 Å². The van der Waals surface area contributed by atoms with Gasteiger partial charge in [-0.2, -0.15) is 0 Å². The Balaban J connectivity index is 1.21. The van der Waals surface area contributed by atoms with Crippen LogP contribution in [0.2, 0.25) is 0 Å². The monoisotopic (exact) mass is 442 g/mol. The Labute approximate surface area is 193 Å². The van der Waals surface area contributed by atoms with Crippen LogP contribution in [0.15, 0.2) is 83.7 Å². The highest BCUT2D eigenvalue weighted by Crippen LogP contribution is 2.29. The third kappa shape index (κ3) is 4.72. The normalized spacial score (nSPS) is 15.4. The van der Waals surface area contributed by atoms with Crippen molar-refractivity contribution >= 4 is 11.0 Å². The molecule has 33 heavy (non-hydrogen) atoms. The number of nitrogens with one attached hydrogen (secondary N) is 1. The van der Waals surface area contributed by atoms with E-state index in [-0.39, 0.29) is 17.5 Å². The maximum atomic E-state index is 12.3. The molecular formula is C27H30N4O2. The molecule has 0 unspecified atom stereocenters. The molecular weight excluding hydrogens is 412 g/mol. The van der Waals surface area contributed by atoms with E-state index in [4.69, 9.17) is 0 Å². The number of nitrogens with zero attached hydrogens (tertiary/aromatic N) is 3. The number of benzene rings is 3. The largest absolute Gasteiger partial charge is 0.508 e. The fraction of sp³-hybridized carbons (Fsp3) is 0.296. The number of aromatic nitrogens is 2. The van der Waals surface area contributed by atoms with Crippen molar-refractivity contribution < 1.29 is 5.11 Å². The number of hydrogen-bond acceptors (Lipinski definition) is 4. The zero-order chi connectivity index (χ0) is 22.6. The Kier molecular flexibility index (Phi) is 6.28. The maximum absolute atomic E-state index is 12.3. The van der Waals surface area contributed by atoms with Crippen LogP contribution in [0.4, 0.5) is 0 Å². The maximum Gasteiger partial charge on any atom is 0.326 e. The third-order valence-electron chi connectivity index (χ3n) is 6.62. The molecule has 1 fully saturated rings. The van der Waals surface area contributed by atoms with Crippen LogP contribution in [0.1, 0.15) is 23.6 Å². The molecule has 0 amide bonds. The second kappa shape index (κ2) is 9.65. The summed E-state index contributed by atoms with van der Waals surface area (Å²) in [5.74, 6) is 0.178. The van der Waals surface area contributed by atoms with Gasteiger partial charge in [0.05, 0.1) is 17.1 Å². The highest BCUT2D eigenvalue weighted by atomic mass is 16.3. The number of phenols is 1.